The SMILES string of the molecule is O=C(Cc1ccccc1Cl)N1CC(CN2CCC3(CC2)CCN(Cc2ccc(Br)cc2)C3=O)C(c2ccccc2)C1. The Bertz CT molecular complexity index is 1370. The number of nitrogens with zero attached hydrogens (tertiary/aromatic N) is 3. The molecule has 0 bridgehead atoms. The molecule has 2 atom stereocenters. The summed E-state index contributed by atoms with van der Waals surface area (Å²) < 4.78 is 1.06. The first kappa shape index (κ1) is 28.4. The number of piperidine rings is 1. The largest absolute Gasteiger partial charge is 0.341 e. The highest BCUT2D eigenvalue weighted by atomic mass is 79.9. The first-order chi connectivity index (χ1) is 19.9. The number of halogens is 2. The van der Waals surface area contributed by atoms with Crippen molar-refractivity contribution in [3.05, 3.63) is 105 Å². The van der Waals surface area contributed by atoms with Crippen molar-refractivity contribution in [2.45, 2.75) is 38.1 Å². The molecule has 0 radical (unpaired) electrons. The standard InChI is InChI=1S/C34H37BrClN3O2/c35-29-12-10-25(11-13-29)21-38-19-16-34(33(38)41)14-17-37(18-15-34)22-28-23-39(24-30(28)26-6-2-1-3-7-26)32(40)20-27-8-4-5-9-31(27)36/h1-13,28,30H,14-24H2. The molecule has 0 aromatic heterocycles. The first-order valence-electron chi connectivity index (χ1n) is 14.7. The molecule has 5 nitrogen and oxygen atoms in total. The van der Waals surface area contributed by atoms with Crippen molar-refractivity contribution < 1.29 is 9.59 Å². The van der Waals surface area contributed by atoms with Gasteiger partial charge in [-0.2, -0.15) is 0 Å². The zero-order chi connectivity index (χ0) is 28.4. The van der Waals surface area contributed by atoms with Crippen LogP contribution in [0.5, 0.6) is 0 Å². The molecule has 3 aromatic rings. The second-order valence-corrected chi connectivity index (χ2v) is 13.4. The molecule has 3 aliphatic heterocycles. The van der Waals surface area contributed by atoms with E-state index in [-0.39, 0.29) is 11.3 Å². The Morgan fingerprint density at radius 3 is 2.29 bits per heavy atom. The maximum absolute atomic E-state index is 13.6. The fourth-order valence-electron chi connectivity index (χ4n) is 7.07. The number of carbonyl (C=O) groups is 2. The Hall–Kier alpha value is -2.67. The second-order valence-electron chi connectivity index (χ2n) is 12.0. The van der Waals surface area contributed by atoms with E-state index in [2.05, 4.69) is 68.2 Å². The number of benzene rings is 3. The van der Waals surface area contributed by atoms with Crippen LogP contribution in [0.2, 0.25) is 5.02 Å². The molecule has 6 rings (SSSR count). The van der Waals surface area contributed by atoms with Crippen LogP contribution in [0, 0.1) is 11.3 Å². The zero-order valence-electron chi connectivity index (χ0n) is 23.4. The van der Waals surface area contributed by atoms with E-state index in [0.717, 1.165) is 68.6 Å². The summed E-state index contributed by atoms with van der Waals surface area (Å²) in [5, 5.41) is 0.648. The molecule has 2 amide bonds. The fraction of sp³-hybridized carbons (Fsp3) is 0.412. The summed E-state index contributed by atoms with van der Waals surface area (Å²) in [5.74, 6) is 1.13. The van der Waals surface area contributed by atoms with Gasteiger partial charge in [0.1, 0.15) is 0 Å². The molecule has 214 valence electrons. The quantitative estimate of drug-likeness (QED) is 0.302. The van der Waals surface area contributed by atoms with Gasteiger partial charge in [0, 0.05) is 48.1 Å². The van der Waals surface area contributed by atoms with E-state index in [9.17, 15) is 9.59 Å². The van der Waals surface area contributed by atoms with Gasteiger partial charge in [-0.15, -0.1) is 0 Å². The van der Waals surface area contributed by atoms with E-state index >= 15 is 0 Å². The molecule has 0 N–H and O–H groups in total. The summed E-state index contributed by atoms with van der Waals surface area (Å²) in [6.45, 7) is 5.84. The third kappa shape index (κ3) is 6.25. The summed E-state index contributed by atoms with van der Waals surface area (Å²) in [5.41, 5.74) is 3.15. The zero-order valence-corrected chi connectivity index (χ0v) is 25.7. The second kappa shape index (κ2) is 12.3. The van der Waals surface area contributed by atoms with Crippen molar-refractivity contribution in [3.63, 3.8) is 0 Å². The van der Waals surface area contributed by atoms with Gasteiger partial charge in [-0.1, -0.05) is 88.2 Å². The maximum Gasteiger partial charge on any atom is 0.229 e. The van der Waals surface area contributed by atoms with Crippen LogP contribution in [0.3, 0.4) is 0 Å². The number of hydrogen-bond acceptors (Lipinski definition) is 3. The summed E-state index contributed by atoms with van der Waals surface area (Å²) in [6, 6.07) is 26.5. The van der Waals surface area contributed by atoms with Crippen LogP contribution >= 0.6 is 27.5 Å². The normalized spacial score (nSPS) is 22.5. The van der Waals surface area contributed by atoms with E-state index in [1.807, 2.05) is 41.3 Å². The van der Waals surface area contributed by atoms with Gasteiger partial charge in [0.25, 0.3) is 0 Å². The van der Waals surface area contributed by atoms with Gasteiger partial charge >= 0.3 is 0 Å². The summed E-state index contributed by atoms with van der Waals surface area (Å²) in [6.07, 6.45) is 3.12. The van der Waals surface area contributed by atoms with Gasteiger partial charge in [-0.3, -0.25) is 9.59 Å². The summed E-state index contributed by atoms with van der Waals surface area (Å²) >= 11 is 9.87. The Balaban J connectivity index is 1.09. The van der Waals surface area contributed by atoms with Gasteiger partial charge < -0.3 is 14.7 Å². The smallest absolute Gasteiger partial charge is 0.229 e. The third-order valence-electron chi connectivity index (χ3n) is 9.51. The fourth-order valence-corrected chi connectivity index (χ4v) is 7.53. The Morgan fingerprint density at radius 2 is 1.56 bits per heavy atom. The minimum absolute atomic E-state index is 0.140. The van der Waals surface area contributed by atoms with E-state index in [1.54, 1.807) is 0 Å². The molecule has 3 saturated heterocycles. The molecule has 41 heavy (non-hydrogen) atoms. The molecule has 3 aliphatic rings. The highest BCUT2D eigenvalue weighted by Gasteiger charge is 2.48. The van der Waals surface area contributed by atoms with Gasteiger partial charge in [0.15, 0.2) is 0 Å². The van der Waals surface area contributed by atoms with Crippen molar-refractivity contribution in [2.24, 2.45) is 11.3 Å². The van der Waals surface area contributed by atoms with Crippen molar-refractivity contribution in [2.75, 3.05) is 39.3 Å². The maximum atomic E-state index is 13.6. The monoisotopic (exact) mass is 633 g/mol. The average Bonchev–Trinajstić information content (AvgIpc) is 3.54. The van der Waals surface area contributed by atoms with Gasteiger partial charge in [-0.25, -0.2) is 0 Å². The lowest BCUT2D eigenvalue weighted by molar-refractivity contribution is -0.139. The molecule has 0 aliphatic carbocycles. The van der Waals surface area contributed by atoms with E-state index in [0.29, 0.717) is 35.7 Å². The van der Waals surface area contributed by atoms with Crippen molar-refractivity contribution >= 4 is 39.3 Å². The van der Waals surface area contributed by atoms with Crippen molar-refractivity contribution in [3.8, 4) is 0 Å². The minimum Gasteiger partial charge on any atom is -0.341 e. The number of rotatable bonds is 7. The van der Waals surface area contributed by atoms with Crippen LogP contribution in [-0.4, -0.2) is 65.8 Å². The predicted molar refractivity (Wildman–Crippen MR) is 167 cm³/mol. The lowest BCUT2D eigenvalue weighted by atomic mass is 9.76. The molecule has 3 fully saturated rings. The van der Waals surface area contributed by atoms with Crippen LogP contribution in [-0.2, 0) is 22.6 Å². The molecule has 1 spiro atoms. The molecule has 3 heterocycles. The molecular formula is C34H37BrClN3O2. The van der Waals surface area contributed by atoms with Gasteiger partial charge in [-0.05, 0) is 73.2 Å². The summed E-state index contributed by atoms with van der Waals surface area (Å²) in [4.78, 5) is 33.6. The van der Waals surface area contributed by atoms with E-state index < -0.39 is 0 Å². The topological polar surface area (TPSA) is 43.9 Å². The lowest BCUT2D eigenvalue weighted by Crippen LogP contribution is -2.46. The molecular weight excluding hydrogens is 598 g/mol. The Morgan fingerprint density at radius 1 is 0.878 bits per heavy atom. The molecule has 3 aromatic carbocycles. The van der Waals surface area contributed by atoms with Crippen molar-refractivity contribution in [1.82, 2.24) is 14.7 Å². The number of likely N-dealkylation sites (tertiary alicyclic amines) is 3. The molecule has 7 heteroatoms. The lowest BCUT2D eigenvalue weighted by Gasteiger charge is -2.39. The van der Waals surface area contributed by atoms with E-state index in [4.69, 9.17) is 11.6 Å². The van der Waals surface area contributed by atoms with Gasteiger partial charge in [0.2, 0.25) is 11.8 Å². The third-order valence-corrected chi connectivity index (χ3v) is 10.4. The minimum atomic E-state index is -0.211. The average molecular weight is 635 g/mol. The number of carbonyl (C=O) groups excluding carboxylic acids is 2. The Labute approximate surface area is 256 Å². The number of hydrogen-bond donors (Lipinski definition) is 0. The summed E-state index contributed by atoms with van der Waals surface area (Å²) in [7, 11) is 0. The first-order valence-corrected chi connectivity index (χ1v) is 15.9. The van der Waals surface area contributed by atoms with Crippen molar-refractivity contribution in [1.29, 1.82) is 0 Å². The highest BCUT2D eigenvalue weighted by Crippen LogP contribution is 2.43. The van der Waals surface area contributed by atoms with Crippen LogP contribution in [0.1, 0.15) is 41.9 Å². The predicted octanol–water partition coefficient (Wildman–Crippen LogP) is 6.40. The van der Waals surface area contributed by atoms with Crippen LogP contribution in [0.15, 0.2) is 83.3 Å². The number of amides is 2. The van der Waals surface area contributed by atoms with Gasteiger partial charge in [0.05, 0.1) is 11.8 Å². The molecule has 0 saturated carbocycles. The van der Waals surface area contributed by atoms with E-state index in [1.165, 1.54) is 11.1 Å². The highest BCUT2D eigenvalue weighted by molar-refractivity contribution is 9.10. The van der Waals surface area contributed by atoms with Crippen LogP contribution < -0.4 is 0 Å². The molecule has 2 unspecified atom stereocenters. The van der Waals surface area contributed by atoms with Crippen LogP contribution in [0.4, 0.5) is 0 Å². The Kier molecular flexibility index (Phi) is 8.52. The van der Waals surface area contributed by atoms with Crippen LogP contribution in [0.25, 0.3) is 0 Å².